The van der Waals surface area contributed by atoms with E-state index in [9.17, 15) is 0 Å². The van der Waals surface area contributed by atoms with Crippen molar-refractivity contribution in [1.82, 2.24) is 4.57 Å². The maximum absolute atomic E-state index is 5.72. The Morgan fingerprint density at radius 3 is 2.04 bits per heavy atom. The summed E-state index contributed by atoms with van der Waals surface area (Å²) in [5.41, 5.74) is 4.95. The highest BCUT2D eigenvalue weighted by Gasteiger charge is 2.38. The van der Waals surface area contributed by atoms with Crippen molar-refractivity contribution in [2.75, 3.05) is 0 Å². The second-order valence-corrected chi connectivity index (χ2v) is 13.7. The first-order chi connectivity index (χ1) is 22.8. The third-order valence-electron chi connectivity index (χ3n) is 10.2. The summed E-state index contributed by atoms with van der Waals surface area (Å²) in [7, 11) is 0. The largest absolute Gasteiger partial charge is 0.297 e. The third-order valence-corrected chi connectivity index (χ3v) is 11.4. The van der Waals surface area contributed by atoms with Gasteiger partial charge in [0.1, 0.15) is 5.84 Å². The van der Waals surface area contributed by atoms with Gasteiger partial charge in [0.15, 0.2) is 0 Å². The molecule has 9 aromatic rings. The summed E-state index contributed by atoms with van der Waals surface area (Å²) in [6, 6.07) is 51.6. The van der Waals surface area contributed by atoms with E-state index in [0.717, 1.165) is 17.9 Å². The van der Waals surface area contributed by atoms with E-state index >= 15 is 0 Å². The van der Waals surface area contributed by atoms with Crippen molar-refractivity contribution in [2.45, 2.75) is 19.3 Å². The summed E-state index contributed by atoms with van der Waals surface area (Å²) in [5, 5.41) is 11.5. The van der Waals surface area contributed by atoms with Crippen LogP contribution in [0.4, 0.5) is 5.69 Å². The molecule has 0 spiro atoms. The molecule has 0 aliphatic carbocycles. The number of thiophene rings is 1. The molecule has 1 aliphatic rings. The van der Waals surface area contributed by atoms with Gasteiger partial charge in [-0.3, -0.25) is 4.57 Å². The van der Waals surface area contributed by atoms with Crippen molar-refractivity contribution < 1.29 is 0 Å². The molecule has 10 rings (SSSR count). The zero-order valence-electron chi connectivity index (χ0n) is 25.4. The molecule has 2 atom stereocenters. The Balaban J connectivity index is 1.34. The first kappa shape index (κ1) is 26.0. The number of fused-ring (bicyclic) bond motifs is 10. The van der Waals surface area contributed by atoms with Gasteiger partial charge in [0.05, 0.1) is 16.7 Å². The number of aliphatic imine (C=N–C) groups is 1. The smallest absolute Gasteiger partial charge is 0.118 e. The number of hydrogen-bond donors (Lipinski definition) is 0. The first-order valence-corrected chi connectivity index (χ1v) is 17.0. The van der Waals surface area contributed by atoms with Gasteiger partial charge in [-0.2, -0.15) is 0 Å². The fourth-order valence-electron chi connectivity index (χ4n) is 8.04. The molecule has 0 N–H and O–H groups in total. The Morgan fingerprint density at radius 2 is 1.24 bits per heavy atom. The molecule has 2 unspecified atom stereocenters. The summed E-state index contributed by atoms with van der Waals surface area (Å²) in [4.78, 5) is 7.10. The van der Waals surface area contributed by atoms with Gasteiger partial charge in [0, 0.05) is 37.6 Å². The number of hydrogen-bond acceptors (Lipinski definition) is 2. The molecule has 0 fully saturated rings. The molecule has 46 heavy (non-hydrogen) atoms. The topological polar surface area (TPSA) is 17.3 Å². The maximum Gasteiger partial charge on any atom is 0.118 e. The van der Waals surface area contributed by atoms with E-state index in [1.54, 1.807) is 0 Å². The van der Waals surface area contributed by atoms with Gasteiger partial charge in [-0.05, 0) is 68.6 Å². The van der Waals surface area contributed by atoms with Gasteiger partial charge in [0.25, 0.3) is 0 Å². The highest BCUT2D eigenvalue weighted by molar-refractivity contribution is 7.20. The predicted octanol–water partition coefficient (Wildman–Crippen LogP) is 12.2. The Labute approximate surface area is 270 Å². The molecule has 0 bridgehead atoms. The maximum atomic E-state index is 5.72. The lowest BCUT2D eigenvalue weighted by Crippen LogP contribution is -2.30. The molecule has 2 aromatic heterocycles. The molecule has 0 saturated heterocycles. The van der Waals surface area contributed by atoms with E-state index in [1.165, 1.54) is 74.6 Å². The molecule has 0 radical (unpaired) electrons. The normalized spacial score (nSPS) is 16.6. The Kier molecular flexibility index (Phi) is 5.58. The van der Waals surface area contributed by atoms with Crippen molar-refractivity contribution >= 4 is 87.1 Å². The molecule has 1 aliphatic heterocycles. The zero-order chi connectivity index (χ0) is 30.4. The lowest BCUT2D eigenvalue weighted by molar-refractivity contribution is 0.573. The lowest BCUT2D eigenvalue weighted by Gasteiger charge is -2.33. The molecule has 3 heteroatoms. The van der Waals surface area contributed by atoms with Crippen LogP contribution in [0.1, 0.15) is 29.7 Å². The summed E-state index contributed by atoms with van der Waals surface area (Å²) in [6.45, 7) is 2.34. The molecule has 7 aromatic carbocycles. The summed E-state index contributed by atoms with van der Waals surface area (Å²) >= 11 is 1.92. The van der Waals surface area contributed by atoms with Gasteiger partial charge in [-0.25, -0.2) is 4.99 Å². The second-order valence-electron chi connectivity index (χ2n) is 12.6. The van der Waals surface area contributed by atoms with E-state index in [2.05, 4.69) is 151 Å². The quantitative estimate of drug-likeness (QED) is 0.186. The minimum Gasteiger partial charge on any atom is -0.297 e. The average molecular weight is 607 g/mol. The van der Waals surface area contributed by atoms with Crippen LogP contribution in [0.2, 0.25) is 0 Å². The molecular weight excluding hydrogens is 577 g/mol. The molecule has 3 heterocycles. The van der Waals surface area contributed by atoms with Crippen LogP contribution in [-0.4, -0.2) is 10.4 Å². The van der Waals surface area contributed by atoms with Crippen LogP contribution in [0.15, 0.2) is 145 Å². The van der Waals surface area contributed by atoms with Crippen LogP contribution in [0.3, 0.4) is 0 Å². The number of rotatable bonds is 2. The van der Waals surface area contributed by atoms with Crippen molar-refractivity contribution in [2.24, 2.45) is 10.9 Å². The third kappa shape index (κ3) is 3.66. The standard InChI is InChI=1S/C43H30N2S/c1-2-32-39(31-20-19-26-11-3-4-13-28(26)23-31)42-41(34-17-9-10-18-38(34)46-42)44-43(32)45-36-22-21-27-12-7-8-16-33(27)40(36)35-24-29-14-5-6-15-30(29)25-37(35)45/h3-25,32,39H,2H2,1H3. The minimum absolute atomic E-state index is 0.193. The van der Waals surface area contributed by atoms with E-state index in [4.69, 9.17) is 4.99 Å². The molecule has 218 valence electrons. The van der Waals surface area contributed by atoms with Crippen LogP contribution in [0, 0.1) is 5.92 Å². The fraction of sp³-hybridized carbons (Fsp3) is 0.0930. The highest BCUT2D eigenvalue weighted by atomic mass is 32.1. The van der Waals surface area contributed by atoms with E-state index in [0.29, 0.717) is 0 Å². The van der Waals surface area contributed by atoms with E-state index in [-0.39, 0.29) is 11.8 Å². The Bertz CT molecular complexity index is 2710. The van der Waals surface area contributed by atoms with Gasteiger partial charge in [-0.15, -0.1) is 11.3 Å². The summed E-state index contributed by atoms with van der Waals surface area (Å²) < 4.78 is 3.82. The number of nitrogens with zero attached hydrogens (tertiary/aromatic N) is 2. The van der Waals surface area contributed by atoms with Crippen LogP contribution < -0.4 is 0 Å². The summed E-state index contributed by atoms with van der Waals surface area (Å²) in [5.74, 6) is 1.53. The van der Waals surface area contributed by atoms with Crippen molar-refractivity contribution in [3.63, 3.8) is 0 Å². The van der Waals surface area contributed by atoms with Gasteiger partial charge < -0.3 is 0 Å². The Hall–Kier alpha value is -5.25. The minimum atomic E-state index is 0.193. The van der Waals surface area contributed by atoms with Crippen LogP contribution in [-0.2, 0) is 0 Å². The van der Waals surface area contributed by atoms with E-state index < -0.39 is 0 Å². The molecule has 0 amide bonds. The average Bonchev–Trinajstić information content (AvgIpc) is 3.64. The van der Waals surface area contributed by atoms with Gasteiger partial charge in [0.2, 0.25) is 0 Å². The van der Waals surface area contributed by atoms with Crippen molar-refractivity contribution in [3.05, 3.63) is 150 Å². The molecular formula is C43H30N2S. The lowest BCUT2D eigenvalue weighted by atomic mass is 9.79. The van der Waals surface area contributed by atoms with Crippen LogP contribution >= 0.6 is 11.3 Å². The number of benzene rings is 7. The van der Waals surface area contributed by atoms with Crippen molar-refractivity contribution in [3.8, 4) is 0 Å². The number of aromatic nitrogens is 1. The van der Waals surface area contributed by atoms with Gasteiger partial charge >= 0.3 is 0 Å². The van der Waals surface area contributed by atoms with Crippen LogP contribution in [0.25, 0.3) is 64.2 Å². The van der Waals surface area contributed by atoms with Crippen molar-refractivity contribution in [1.29, 1.82) is 0 Å². The highest BCUT2D eigenvalue weighted by Crippen LogP contribution is 2.52. The monoisotopic (exact) mass is 606 g/mol. The fourth-order valence-corrected chi connectivity index (χ4v) is 9.38. The Morgan fingerprint density at radius 1 is 0.587 bits per heavy atom. The predicted molar refractivity (Wildman–Crippen MR) is 198 cm³/mol. The summed E-state index contributed by atoms with van der Waals surface area (Å²) in [6.07, 6.45) is 0.979. The zero-order valence-corrected chi connectivity index (χ0v) is 26.3. The van der Waals surface area contributed by atoms with Crippen LogP contribution in [0.5, 0.6) is 0 Å². The van der Waals surface area contributed by atoms with Gasteiger partial charge in [-0.1, -0.05) is 122 Å². The van der Waals surface area contributed by atoms with E-state index in [1.807, 2.05) is 11.3 Å². The molecule has 2 nitrogen and oxygen atoms in total. The first-order valence-electron chi connectivity index (χ1n) is 16.2. The second kappa shape index (κ2) is 9.87. The molecule has 0 saturated carbocycles. The SMILES string of the molecule is CCC1C(n2c3cc4ccccc4cc3c3c4ccccc4ccc32)=Nc2c(sc3ccccc23)C1c1ccc2ccccc2c1.